The van der Waals surface area contributed by atoms with Crippen molar-refractivity contribution in [2.45, 2.75) is 44.1 Å². The van der Waals surface area contributed by atoms with Crippen molar-refractivity contribution in [3.05, 3.63) is 29.3 Å². The molecule has 2 saturated heterocycles. The zero-order valence-electron chi connectivity index (χ0n) is 11.1. The van der Waals surface area contributed by atoms with Crippen molar-refractivity contribution in [2.24, 2.45) is 0 Å². The highest BCUT2D eigenvalue weighted by atomic mass is 16.5. The van der Waals surface area contributed by atoms with Gasteiger partial charge in [-0.3, -0.25) is 0 Å². The topological polar surface area (TPSA) is 54.3 Å². The van der Waals surface area contributed by atoms with Gasteiger partial charge in [-0.15, -0.1) is 0 Å². The molecule has 2 aliphatic heterocycles. The van der Waals surface area contributed by atoms with E-state index in [2.05, 4.69) is 11.4 Å². The molecule has 1 aromatic carbocycles. The number of benzene rings is 1. The molecule has 4 heteroatoms. The van der Waals surface area contributed by atoms with E-state index in [9.17, 15) is 0 Å². The summed E-state index contributed by atoms with van der Waals surface area (Å²) < 4.78 is 11.0. The van der Waals surface area contributed by atoms with Crippen LogP contribution in [-0.4, -0.2) is 25.4 Å². The molecule has 0 saturated carbocycles. The number of methoxy groups -OCH3 is 1. The van der Waals surface area contributed by atoms with E-state index in [4.69, 9.17) is 14.7 Å². The van der Waals surface area contributed by atoms with Crippen LogP contribution in [0.25, 0.3) is 0 Å². The molecule has 19 heavy (non-hydrogen) atoms. The molecule has 4 nitrogen and oxygen atoms in total. The van der Waals surface area contributed by atoms with E-state index in [1.54, 1.807) is 7.11 Å². The van der Waals surface area contributed by atoms with Crippen LogP contribution in [0.15, 0.2) is 18.2 Å². The van der Waals surface area contributed by atoms with Crippen LogP contribution in [0, 0.1) is 11.3 Å². The van der Waals surface area contributed by atoms with Gasteiger partial charge in [-0.25, -0.2) is 0 Å². The number of nitrogens with one attached hydrogen (secondary N) is 1. The first-order valence-corrected chi connectivity index (χ1v) is 6.76. The second-order valence-corrected chi connectivity index (χ2v) is 5.24. The van der Waals surface area contributed by atoms with E-state index in [1.165, 1.54) is 12.8 Å². The Hall–Kier alpha value is -1.57. The van der Waals surface area contributed by atoms with Gasteiger partial charge < -0.3 is 14.8 Å². The molecule has 0 aliphatic carbocycles. The van der Waals surface area contributed by atoms with Gasteiger partial charge in [0.2, 0.25) is 0 Å². The Labute approximate surface area is 113 Å². The molecule has 2 aliphatic rings. The summed E-state index contributed by atoms with van der Waals surface area (Å²) in [5.41, 5.74) is 1.70. The highest BCUT2D eigenvalue weighted by molar-refractivity contribution is 5.45. The number of ether oxygens (including phenoxy) is 2. The summed E-state index contributed by atoms with van der Waals surface area (Å²) in [5, 5.41) is 12.6. The van der Waals surface area contributed by atoms with Crippen LogP contribution in [0.2, 0.25) is 0 Å². The third kappa shape index (κ3) is 2.44. The number of hydrogen-bond acceptors (Lipinski definition) is 4. The molecule has 3 unspecified atom stereocenters. The number of hydrogen-bond donors (Lipinski definition) is 1. The molecule has 0 aromatic heterocycles. The number of nitriles is 1. The average Bonchev–Trinajstić information content (AvgIpc) is 3.07. The van der Waals surface area contributed by atoms with Crippen molar-refractivity contribution < 1.29 is 9.47 Å². The highest BCUT2D eigenvalue weighted by Gasteiger charge is 2.40. The fraction of sp³-hybridized carbons (Fsp3) is 0.533. The smallest absolute Gasteiger partial charge is 0.136 e. The van der Waals surface area contributed by atoms with Crippen molar-refractivity contribution in [2.75, 3.05) is 7.11 Å². The van der Waals surface area contributed by atoms with Crippen LogP contribution >= 0.6 is 0 Å². The minimum atomic E-state index is 0.388. The Kier molecular flexibility index (Phi) is 3.41. The van der Waals surface area contributed by atoms with E-state index >= 15 is 0 Å². The Balaban J connectivity index is 1.63. The Morgan fingerprint density at radius 1 is 1.47 bits per heavy atom. The maximum Gasteiger partial charge on any atom is 0.136 e. The number of fused-ring (bicyclic) bond motifs is 2. The molecule has 0 amide bonds. The van der Waals surface area contributed by atoms with Gasteiger partial charge in [0.15, 0.2) is 0 Å². The lowest BCUT2D eigenvalue weighted by atomic mass is 9.95. The fourth-order valence-electron chi connectivity index (χ4n) is 3.05. The first-order valence-electron chi connectivity index (χ1n) is 6.76. The van der Waals surface area contributed by atoms with Crippen molar-refractivity contribution in [3.8, 4) is 11.8 Å². The van der Waals surface area contributed by atoms with E-state index in [-0.39, 0.29) is 0 Å². The Morgan fingerprint density at radius 2 is 2.37 bits per heavy atom. The normalized spacial score (nSPS) is 28.3. The van der Waals surface area contributed by atoms with Gasteiger partial charge in [-0.1, -0.05) is 6.07 Å². The molecular weight excluding hydrogens is 240 g/mol. The zero-order chi connectivity index (χ0) is 13.2. The molecule has 100 valence electrons. The average molecular weight is 258 g/mol. The molecule has 2 heterocycles. The minimum Gasteiger partial charge on any atom is -0.495 e. The molecule has 2 bridgehead atoms. The molecule has 1 aromatic rings. The second-order valence-electron chi connectivity index (χ2n) is 5.24. The summed E-state index contributed by atoms with van der Waals surface area (Å²) in [5.74, 6) is 0.634. The van der Waals surface area contributed by atoms with Gasteiger partial charge in [-0.05, 0) is 37.0 Å². The van der Waals surface area contributed by atoms with Gasteiger partial charge in [-0.2, -0.15) is 5.26 Å². The molecule has 2 fully saturated rings. The van der Waals surface area contributed by atoms with Gasteiger partial charge in [0, 0.05) is 12.6 Å². The molecule has 0 radical (unpaired) electrons. The largest absolute Gasteiger partial charge is 0.495 e. The number of nitrogens with zero attached hydrogens (tertiary/aromatic N) is 1. The molecule has 1 N–H and O–H groups in total. The zero-order valence-corrected chi connectivity index (χ0v) is 11.1. The maximum absolute atomic E-state index is 9.07. The molecule has 3 atom stereocenters. The second kappa shape index (κ2) is 5.20. The van der Waals surface area contributed by atoms with E-state index in [0.717, 1.165) is 18.5 Å². The van der Waals surface area contributed by atoms with Crippen LogP contribution in [0.5, 0.6) is 5.75 Å². The van der Waals surface area contributed by atoms with Gasteiger partial charge >= 0.3 is 0 Å². The summed E-state index contributed by atoms with van der Waals surface area (Å²) >= 11 is 0. The summed E-state index contributed by atoms with van der Waals surface area (Å²) in [7, 11) is 1.58. The van der Waals surface area contributed by atoms with Crippen molar-refractivity contribution >= 4 is 0 Å². The van der Waals surface area contributed by atoms with E-state index in [1.807, 2.05) is 18.2 Å². The first-order chi connectivity index (χ1) is 9.30. The fourth-order valence-corrected chi connectivity index (χ4v) is 3.05. The molecular formula is C15H18N2O2. The first kappa shape index (κ1) is 12.5. The Morgan fingerprint density at radius 3 is 3.00 bits per heavy atom. The lowest BCUT2D eigenvalue weighted by Crippen LogP contribution is -2.36. The summed E-state index contributed by atoms with van der Waals surface area (Å²) in [6, 6.07) is 8.37. The van der Waals surface area contributed by atoms with Crippen molar-refractivity contribution in [1.82, 2.24) is 5.32 Å². The minimum absolute atomic E-state index is 0.388. The van der Waals surface area contributed by atoms with Gasteiger partial charge in [0.05, 0.1) is 24.9 Å². The van der Waals surface area contributed by atoms with Gasteiger partial charge in [0.1, 0.15) is 11.8 Å². The predicted octanol–water partition coefficient (Wildman–Crippen LogP) is 1.98. The summed E-state index contributed by atoms with van der Waals surface area (Å²) in [4.78, 5) is 0. The maximum atomic E-state index is 9.07. The van der Waals surface area contributed by atoms with Crippen LogP contribution in [0.4, 0.5) is 0 Å². The predicted molar refractivity (Wildman–Crippen MR) is 70.8 cm³/mol. The van der Waals surface area contributed by atoms with Crippen LogP contribution in [0.1, 0.15) is 30.4 Å². The molecule has 0 spiro atoms. The van der Waals surface area contributed by atoms with Crippen LogP contribution in [-0.2, 0) is 11.3 Å². The van der Waals surface area contributed by atoms with Crippen molar-refractivity contribution in [1.29, 1.82) is 5.26 Å². The summed E-state index contributed by atoms with van der Waals surface area (Å²) in [6.45, 7) is 0.774. The van der Waals surface area contributed by atoms with E-state index in [0.29, 0.717) is 29.6 Å². The third-order valence-corrected chi connectivity index (χ3v) is 4.06. The Bertz CT molecular complexity index is 509. The van der Waals surface area contributed by atoms with Crippen molar-refractivity contribution in [3.63, 3.8) is 0 Å². The lowest BCUT2D eigenvalue weighted by Gasteiger charge is -2.20. The molecule has 3 rings (SSSR count). The lowest BCUT2D eigenvalue weighted by molar-refractivity contribution is 0.0973. The van der Waals surface area contributed by atoms with Crippen LogP contribution in [0.3, 0.4) is 0 Å². The monoisotopic (exact) mass is 258 g/mol. The quantitative estimate of drug-likeness (QED) is 0.897. The van der Waals surface area contributed by atoms with Gasteiger partial charge in [0.25, 0.3) is 0 Å². The third-order valence-electron chi connectivity index (χ3n) is 4.06. The van der Waals surface area contributed by atoms with Crippen LogP contribution < -0.4 is 10.1 Å². The standard InChI is InChI=1S/C15H18N2O2/c1-18-14-4-2-10(6-11(14)8-16)9-17-13-7-12-3-5-15(13)19-12/h2,4,6,12-13,15,17H,3,5,7,9H2,1H3. The number of rotatable bonds is 4. The van der Waals surface area contributed by atoms with E-state index < -0.39 is 0 Å². The summed E-state index contributed by atoms with van der Waals surface area (Å²) in [6.07, 6.45) is 4.36. The SMILES string of the molecule is COc1ccc(CNC2CC3CCC2O3)cc1C#N. The highest BCUT2D eigenvalue weighted by Crippen LogP contribution is 2.34.